The molecule has 0 radical (unpaired) electrons. The van der Waals surface area contributed by atoms with Gasteiger partial charge in [0.05, 0.1) is 0 Å². The van der Waals surface area contributed by atoms with Crippen molar-refractivity contribution in [2.45, 2.75) is 6.92 Å². The van der Waals surface area contributed by atoms with E-state index in [1.807, 2.05) is 0 Å². The Morgan fingerprint density at radius 2 is 2.10 bits per heavy atom. The van der Waals surface area contributed by atoms with E-state index in [0.717, 1.165) is 0 Å². The lowest BCUT2D eigenvalue weighted by Gasteiger charge is -2.07. The second kappa shape index (κ2) is 6.60. The van der Waals surface area contributed by atoms with Crippen LogP contribution in [0.25, 0.3) is 0 Å². The van der Waals surface area contributed by atoms with Gasteiger partial charge in [0.2, 0.25) is 0 Å². The minimum absolute atomic E-state index is 0.117. The third-order valence-corrected chi connectivity index (χ3v) is 2.66. The normalized spacial score (nSPS) is 10.0. The van der Waals surface area contributed by atoms with Gasteiger partial charge >= 0.3 is 5.97 Å². The number of nitrogens with one attached hydrogen (secondary N) is 1. The summed E-state index contributed by atoms with van der Waals surface area (Å²) in [7, 11) is 0. The maximum atomic E-state index is 13.3. The van der Waals surface area contributed by atoms with Gasteiger partial charge in [-0.25, -0.2) is 14.2 Å². The molecule has 1 aromatic carbocycles. The summed E-state index contributed by atoms with van der Waals surface area (Å²) in [5, 5.41) is 2.44. The van der Waals surface area contributed by atoms with Gasteiger partial charge < -0.3 is 10.1 Å². The Hall–Kier alpha value is -2.76. The van der Waals surface area contributed by atoms with E-state index in [-0.39, 0.29) is 5.69 Å². The summed E-state index contributed by atoms with van der Waals surface area (Å²) in [5.74, 6) is -1.67. The smallest absolute Gasteiger partial charge is 0.357 e. The molecule has 1 N–H and O–H groups in total. The second-order valence-electron chi connectivity index (χ2n) is 4.30. The molecule has 0 aliphatic rings. The number of carbonyl (C=O) groups excluding carboxylic acids is 2. The fourth-order valence-corrected chi connectivity index (χ4v) is 1.56. The molecule has 1 heterocycles. The van der Waals surface area contributed by atoms with Gasteiger partial charge in [-0.3, -0.25) is 4.79 Å². The molecule has 0 saturated heterocycles. The number of benzene rings is 1. The fraction of sp³-hybridized carbons (Fsp3) is 0.133. The Bertz CT molecular complexity index is 659. The van der Waals surface area contributed by atoms with Crippen LogP contribution in [0, 0.1) is 12.7 Å². The molecule has 0 unspecified atom stereocenters. The third-order valence-electron chi connectivity index (χ3n) is 2.66. The molecule has 21 heavy (non-hydrogen) atoms. The predicted octanol–water partition coefficient (Wildman–Crippen LogP) is 2.32. The molecule has 0 saturated carbocycles. The number of hydrogen-bond donors (Lipinski definition) is 1. The van der Waals surface area contributed by atoms with E-state index in [4.69, 9.17) is 4.74 Å². The van der Waals surface area contributed by atoms with Crippen molar-refractivity contribution >= 4 is 17.6 Å². The Morgan fingerprint density at radius 1 is 1.29 bits per heavy atom. The molecule has 1 aromatic heterocycles. The first kappa shape index (κ1) is 14.6. The molecule has 108 valence electrons. The number of rotatable bonds is 4. The van der Waals surface area contributed by atoms with E-state index in [1.54, 1.807) is 31.2 Å². The number of aromatic nitrogens is 1. The molecule has 0 bridgehead atoms. The number of esters is 1. The number of hydrogen-bond acceptors (Lipinski definition) is 4. The van der Waals surface area contributed by atoms with Gasteiger partial charge in [0.1, 0.15) is 11.5 Å². The van der Waals surface area contributed by atoms with Crippen LogP contribution >= 0.6 is 0 Å². The Kier molecular flexibility index (Phi) is 4.61. The Morgan fingerprint density at radius 3 is 2.76 bits per heavy atom. The summed E-state index contributed by atoms with van der Waals surface area (Å²) in [6.07, 6.45) is 1.45. The minimum Gasteiger partial charge on any atom is -0.451 e. The minimum atomic E-state index is -0.694. The molecule has 2 rings (SSSR count). The molecule has 0 fully saturated rings. The molecule has 0 spiro atoms. The fourth-order valence-electron chi connectivity index (χ4n) is 1.56. The molecular weight excluding hydrogens is 275 g/mol. The van der Waals surface area contributed by atoms with Crippen molar-refractivity contribution in [1.29, 1.82) is 0 Å². The van der Waals surface area contributed by atoms with Crippen LogP contribution in [0.1, 0.15) is 16.1 Å². The van der Waals surface area contributed by atoms with Gasteiger partial charge in [-0.05, 0) is 36.8 Å². The van der Waals surface area contributed by atoms with E-state index in [2.05, 4.69) is 10.3 Å². The molecule has 1 amide bonds. The summed E-state index contributed by atoms with van der Waals surface area (Å²) in [5.41, 5.74) is 0.901. The largest absolute Gasteiger partial charge is 0.451 e. The van der Waals surface area contributed by atoms with Crippen molar-refractivity contribution in [3.05, 3.63) is 59.7 Å². The lowest BCUT2D eigenvalue weighted by Crippen LogP contribution is -2.21. The van der Waals surface area contributed by atoms with Crippen LogP contribution in [0.5, 0.6) is 0 Å². The predicted molar refractivity (Wildman–Crippen MR) is 74.3 cm³/mol. The van der Waals surface area contributed by atoms with Gasteiger partial charge in [-0.1, -0.05) is 12.1 Å². The maximum absolute atomic E-state index is 13.3. The Balaban J connectivity index is 1.87. The number of halogens is 1. The van der Waals surface area contributed by atoms with E-state index in [0.29, 0.717) is 11.3 Å². The number of carbonyl (C=O) groups is 2. The van der Waals surface area contributed by atoms with Crippen molar-refractivity contribution in [2.24, 2.45) is 0 Å². The van der Waals surface area contributed by atoms with Gasteiger partial charge in [0.25, 0.3) is 5.91 Å². The first-order valence-corrected chi connectivity index (χ1v) is 6.20. The standard InChI is InChI=1S/C15H13FN2O3/c1-10-5-6-11(8-12(10)16)18-14(19)9-21-15(20)13-4-2-3-7-17-13/h2-8H,9H2,1H3,(H,18,19). The zero-order chi connectivity index (χ0) is 15.2. The van der Waals surface area contributed by atoms with Gasteiger partial charge in [0, 0.05) is 11.9 Å². The van der Waals surface area contributed by atoms with Crippen LogP contribution < -0.4 is 5.32 Å². The van der Waals surface area contributed by atoms with Crippen LogP contribution in [0.4, 0.5) is 10.1 Å². The first-order chi connectivity index (χ1) is 10.1. The van der Waals surface area contributed by atoms with E-state index < -0.39 is 24.3 Å². The van der Waals surface area contributed by atoms with Gasteiger partial charge in [0.15, 0.2) is 6.61 Å². The van der Waals surface area contributed by atoms with E-state index in [9.17, 15) is 14.0 Å². The summed E-state index contributed by atoms with van der Waals surface area (Å²) >= 11 is 0. The summed E-state index contributed by atoms with van der Waals surface area (Å²) in [6.45, 7) is 1.15. The molecule has 5 nitrogen and oxygen atoms in total. The number of anilines is 1. The van der Waals surface area contributed by atoms with Crippen molar-refractivity contribution in [3.63, 3.8) is 0 Å². The zero-order valence-corrected chi connectivity index (χ0v) is 11.3. The molecule has 0 aliphatic heterocycles. The lowest BCUT2D eigenvalue weighted by atomic mass is 10.2. The molecule has 0 atom stereocenters. The SMILES string of the molecule is Cc1ccc(NC(=O)COC(=O)c2ccccn2)cc1F. The molecule has 6 heteroatoms. The quantitative estimate of drug-likeness (QED) is 0.877. The molecule has 2 aromatic rings. The number of ether oxygens (including phenoxy) is 1. The highest BCUT2D eigenvalue weighted by atomic mass is 19.1. The topological polar surface area (TPSA) is 68.3 Å². The Labute approximate surface area is 120 Å². The van der Waals surface area contributed by atoms with E-state index >= 15 is 0 Å². The van der Waals surface area contributed by atoms with Crippen LogP contribution in [-0.4, -0.2) is 23.5 Å². The maximum Gasteiger partial charge on any atom is 0.357 e. The average molecular weight is 288 g/mol. The van der Waals surface area contributed by atoms with Crippen LogP contribution in [0.2, 0.25) is 0 Å². The van der Waals surface area contributed by atoms with Crippen molar-refractivity contribution in [3.8, 4) is 0 Å². The van der Waals surface area contributed by atoms with Crippen molar-refractivity contribution in [2.75, 3.05) is 11.9 Å². The summed E-state index contributed by atoms with van der Waals surface area (Å²) < 4.78 is 18.1. The highest BCUT2D eigenvalue weighted by Crippen LogP contribution is 2.13. The summed E-state index contributed by atoms with van der Waals surface area (Å²) in [6, 6.07) is 9.10. The van der Waals surface area contributed by atoms with E-state index in [1.165, 1.54) is 18.3 Å². The zero-order valence-electron chi connectivity index (χ0n) is 11.3. The number of amides is 1. The lowest BCUT2D eigenvalue weighted by molar-refractivity contribution is -0.119. The van der Waals surface area contributed by atoms with Crippen LogP contribution in [-0.2, 0) is 9.53 Å². The van der Waals surface area contributed by atoms with Gasteiger partial charge in [-0.2, -0.15) is 0 Å². The monoisotopic (exact) mass is 288 g/mol. The number of nitrogens with zero attached hydrogens (tertiary/aromatic N) is 1. The average Bonchev–Trinajstić information content (AvgIpc) is 2.49. The summed E-state index contributed by atoms with van der Waals surface area (Å²) in [4.78, 5) is 27.0. The highest BCUT2D eigenvalue weighted by molar-refractivity contribution is 5.94. The highest BCUT2D eigenvalue weighted by Gasteiger charge is 2.11. The van der Waals surface area contributed by atoms with Crippen LogP contribution in [0.15, 0.2) is 42.6 Å². The van der Waals surface area contributed by atoms with Crippen molar-refractivity contribution in [1.82, 2.24) is 4.98 Å². The second-order valence-corrected chi connectivity index (χ2v) is 4.30. The van der Waals surface area contributed by atoms with Crippen molar-refractivity contribution < 1.29 is 18.7 Å². The molecular formula is C15H13FN2O3. The number of aryl methyl sites for hydroxylation is 1. The van der Waals surface area contributed by atoms with Gasteiger partial charge in [-0.15, -0.1) is 0 Å². The molecule has 0 aliphatic carbocycles. The van der Waals surface area contributed by atoms with Crippen LogP contribution in [0.3, 0.4) is 0 Å². The number of pyridine rings is 1. The third kappa shape index (κ3) is 4.10. The first-order valence-electron chi connectivity index (χ1n) is 6.20.